The minimum absolute atomic E-state index is 0.459. The van der Waals surface area contributed by atoms with Crippen LogP contribution in [0, 0.1) is 5.41 Å². The van der Waals surface area contributed by atoms with Crippen molar-refractivity contribution in [2.75, 3.05) is 33.2 Å². The third-order valence-corrected chi connectivity index (χ3v) is 2.58. The lowest BCUT2D eigenvalue weighted by atomic mass is 9.90. The maximum absolute atomic E-state index is 3.34. The third-order valence-electron chi connectivity index (χ3n) is 2.58. The Bertz CT molecular complexity index is 121. The molecule has 2 heteroatoms. The lowest BCUT2D eigenvalue weighted by Crippen LogP contribution is -2.35. The van der Waals surface area contributed by atoms with Gasteiger partial charge in [-0.3, -0.25) is 0 Å². The number of hydrogen-bond acceptors (Lipinski definition) is 2. The van der Waals surface area contributed by atoms with E-state index >= 15 is 0 Å². The van der Waals surface area contributed by atoms with Gasteiger partial charge >= 0.3 is 0 Å². The molecule has 0 radical (unpaired) electrons. The summed E-state index contributed by atoms with van der Waals surface area (Å²) in [5.41, 5.74) is 0.459. The van der Waals surface area contributed by atoms with Crippen molar-refractivity contribution in [3.8, 4) is 0 Å². The van der Waals surface area contributed by atoms with Gasteiger partial charge in [0.05, 0.1) is 0 Å². The molecule has 0 saturated carbocycles. The summed E-state index contributed by atoms with van der Waals surface area (Å²) in [5.74, 6) is 0. The van der Waals surface area contributed by atoms with E-state index in [2.05, 4.69) is 45.0 Å². The van der Waals surface area contributed by atoms with Crippen LogP contribution in [-0.4, -0.2) is 38.1 Å². The van der Waals surface area contributed by atoms with Gasteiger partial charge in [0.1, 0.15) is 0 Å². The molecule has 0 aliphatic heterocycles. The van der Waals surface area contributed by atoms with Crippen molar-refractivity contribution in [2.45, 2.75) is 34.1 Å². The second-order valence-electron chi connectivity index (χ2n) is 4.61. The number of rotatable bonds is 7. The Morgan fingerprint density at radius 1 is 1.23 bits per heavy atom. The molecule has 0 aromatic carbocycles. The first kappa shape index (κ1) is 12.9. The van der Waals surface area contributed by atoms with E-state index in [1.54, 1.807) is 0 Å². The molecule has 0 amide bonds. The number of likely N-dealkylation sites (N-methyl/N-ethyl adjacent to an activating group) is 2. The first-order chi connectivity index (χ1) is 6.02. The second-order valence-corrected chi connectivity index (χ2v) is 4.61. The summed E-state index contributed by atoms with van der Waals surface area (Å²) >= 11 is 0. The molecule has 0 aliphatic rings. The summed E-state index contributed by atoms with van der Waals surface area (Å²) < 4.78 is 0. The highest BCUT2D eigenvalue weighted by Gasteiger charge is 2.16. The average molecular weight is 186 g/mol. The molecular weight excluding hydrogens is 160 g/mol. The van der Waals surface area contributed by atoms with E-state index in [4.69, 9.17) is 0 Å². The second kappa shape index (κ2) is 6.39. The lowest BCUT2D eigenvalue weighted by Gasteiger charge is -2.29. The van der Waals surface area contributed by atoms with Crippen LogP contribution in [0.5, 0.6) is 0 Å². The van der Waals surface area contributed by atoms with Crippen LogP contribution in [0.4, 0.5) is 0 Å². The smallest absolute Gasteiger partial charge is 0.0104 e. The van der Waals surface area contributed by atoms with E-state index in [9.17, 15) is 0 Å². The maximum atomic E-state index is 3.34. The molecule has 0 saturated heterocycles. The Balaban J connectivity index is 3.55. The molecule has 0 fully saturated rings. The van der Waals surface area contributed by atoms with Crippen molar-refractivity contribution in [3.63, 3.8) is 0 Å². The summed E-state index contributed by atoms with van der Waals surface area (Å²) in [5, 5.41) is 3.34. The minimum atomic E-state index is 0.459. The first-order valence-electron chi connectivity index (χ1n) is 5.41. The van der Waals surface area contributed by atoms with Gasteiger partial charge in [-0.05, 0) is 25.4 Å². The van der Waals surface area contributed by atoms with E-state index in [0.29, 0.717) is 5.41 Å². The monoisotopic (exact) mass is 186 g/mol. The van der Waals surface area contributed by atoms with Crippen LogP contribution >= 0.6 is 0 Å². The highest BCUT2D eigenvalue weighted by molar-refractivity contribution is 4.70. The Labute approximate surface area is 83.7 Å². The number of nitrogens with one attached hydrogen (secondary N) is 1. The quantitative estimate of drug-likeness (QED) is 0.612. The van der Waals surface area contributed by atoms with Gasteiger partial charge in [0.15, 0.2) is 0 Å². The van der Waals surface area contributed by atoms with Crippen molar-refractivity contribution in [3.05, 3.63) is 0 Å². The lowest BCUT2D eigenvalue weighted by molar-refractivity contribution is 0.204. The van der Waals surface area contributed by atoms with Crippen molar-refractivity contribution in [1.29, 1.82) is 0 Å². The zero-order chi connectivity index (χ0) is 10.3. The van der Waals surface area contributed by atoms with Crippen molar-refractivity contribution in [1.82, 2.24) is 10.2 Å². The van der Waals surface area contributed by atoms with Gasteiger partial charge in [-0.1, -0.05) is 27.7 Å². The van der Waals surface area contributed by atoms with Gasteiger partial charge < -0.3 is 10.2 Å². The molecule has 0 unspecified atom stereocenters. The van der Waals surface area contributed by atoms with Gasteiger partial charge in [-0.25, -0.2) is 0 Å². The molecule has 13 heavy (non-hydrogen) atoms. The van der Waals surface area contributed by atoms with E-state index in [-0.39, 0.29) is 0 Å². The van der Waals surface area contributed by atoms with Crippen LogP contribution in [0.25, 0.3) is 0 Å². The van der Waals surface area contributed by atoms with Gasteiger partial charge in [0.25, 0.3) is 0 Å². The molecule has 0 heterocycles. The molecule has 0 rings (SSSR count). The molecule has 80 valence electrons. The fourth-order valence-corrected chi connectivity index (χ4v) is 1.37. The third kappa shape index (κ3) is 7.03. The van der Waals surface area contributed by atoms with Crippen molar-refractivity contribution in [2.24, 2.45) is 5.41 Å². The van der Waals surface area contributed by atoms with Crippen LogP contribution in [0.3, 0.4) is 0 Å². The molecule has 0 atom stereocenters. The summed E-state index contributed by atoms with van der Waals surface area (Å²) in [6.45, 7) is 13.6. The molecule has 0 aromatic rings. The average Bonchev–Trinajstić information content (AvgIpc) is 2.04. The van der Waals surface area contributed by atoms with E-state index < -0.39 is 0 Å². The van der Waals surface area contributed by atoms with E-state index in [1.165, 1.54) is 13.0 Å². The molecule has 2 nitrogen and oxygen atoms in total. The van der Waals surface area contributed by atoms with Crippen molar-refractivity contribution < 1.29 is 0 Å². The fraction of sp³-hybridized carbons (Fsp3) is 1.00. The first-order valence-corrected chi connectivity index (χ1v) is 5.41. The predicted octanol–water partition coefficient (Wildman–Crippen LogP) is 1.96. The number of nitrogens with zero attached hydrogens (tertiary/aromatic N) is 1. The Morgan fingerprint density at radius 3 is 2.31 bits per heavy atom. The molecule has 1 N–H and O–H groups in total. The van der Waals surface area contributed by atoms with Gasteiger partial charge in [-0.2, -0.15) is 0 Å². The Morgan fingerprint density at radius 2 is 1.85 bits per heavy atom. The highest BCUT2D eigenvalue weighted by atomic mass is 15.1. The Hall–Kier alpha value is -0.0800. The van der Waals surface area contributed by atoms with Gasteiger partial charge in [0, 0.05) is 19.6 Å². The topological polar surface area (TPSA) is 15.3 Å². The molecule has 0 aliphatic carbocycles. The van der Waals surface area contributed by atoms with Crippen molar-refractivity contribution >= 4 is 0 Å². The van der Waals surface area contributed by atoms with Crippen LogP contribution in [-0.2, 0) is 0 Å². The zero-order valence-electron chi connectivity index (χ0n) is 9.98. The summed E-state index contributed by atoms with van der Waals surface area (Å²) in [6, 6.07) is 0. The van der Waals surface area contributed by atoms with E-state index in [0.717, 1.165) is 19.6 Å². The van der Waals surface area contributed by atoms with Crippen LogP contribution < -0.4 is 5.32 Å². The van der Waals surface area contributed by atoms with Gasteiger partial charge in [-0.15, -0.1) is 0 Å². The van der Waals surface area contributed by atoms with Crippen LogP contribution in [0.15, 0.2) is 0 Å². The summed E-state index contributed by atoms with van der Waals surface area (Å²) in [4.78, 5) is 2.41. The SMILES string of the molecule is CCNCCN(C)CC(C)(C)CC. The molecule has 0 bridgehead atoms. The van der Waals surface area contributed by atoms with Gasteiger partial charge in [0.2, 0.25) is 0 Å². The molecule has 0 spiro atoms. The summed E-state index contributed by atoms with van der Waals surface area (Å²) in [7, 11) is 2.20. The molecular formula is C11H26N2. The van der Waals surface area contributed by atoms with Crippen LogP contribution in [0.2, 0.25) is 0 Å². The maximum Gasteiger partial charge on any atom is 0.0104 e. The number of hydrogen-bond donors (Lipinski definition) is 1. The standard InChI is InChI=1S/C11H26N2/c1-6-11(3,4)10-13(5)9-8-12-7-2/h12H,6-10H2,1-5H3. The largest absolute Gasteiger partial charge is 0.316 e. The normalized spacial score (nSPS) is 12.5. The predicted molar refractivity (Wildman–Crippen MR) is 60.1 cm³/mol. The minimum Gasteiger partial charge on any atom is -0.316 e. The van der Waals surface area contributed by atoms with Crippen LogP contribution in [0.1, 0.15) is 34.1 Å². The Kier molecular flexibility index (Phi) is 6.35. The fourth-order valence-electron chi connectivity index (χ4n) is 1.37. The summed E-state index contributed by atoms with van der Waals surface area (Å²) in [6.07, 6.45) is 1.25. The molecule has 0 aromatic heterocycles. The van der Waals surface area contributed by atoms with E-state index in [1.807, 2.05) is 0 Å². The zero-order valence-corrected chi connectivity index (χ0v) is 9.98. The highest BCUT2D eigenvalue weighted by Crippen LogP contribution is 2.19.